The van der Waals surface area contributed by atoms with Gasteiger partial charge < -0.3 is 4.98 Å². The molecule has 0 bridgehead atoms. The number of H-pyrrole nitrogens is 1. The predicted molar refractivity (Wildman–Crippen MR) is 122 cm³/mol. The lowest BCUT2D eigenvalue weighted by Crippen LogP contribution is -2.12. The van der Waals surface area contributed by atoms with E-state index >= 15 is 0 Å². The number of hydrogen-bond acceptors (Lipinski definition) is 5. The van der Waals surface area contributed by atoms with E-state index in [9.17, 15) is 9.59 Å². The first kappa shape index (κ1) is 19.4. The number of aromatic nitrogens is 4. The van der Waals surface area contributed by atoms with E-state index in [2.05, 4.69) is 30.6 Å². The van der Waals surface area contributed by atoms with Crippen LogP contribution in [0.25, 0.3) is 22.4 Å². The standard InChI is InChI=1S/C24H18N6O2/c1-14-19-17(25-23(27-19)29-21(31)15-8-4-2-5-9-15)12-13-18-20(14)28-24(26-18)30-22(32)16-10-6-3-7-11-16/h2-13H,1H3,(H,25,27,29,31)(H2,26,28,30,32). The molecule has 0 saturated heterocycles. The normalized spacial score (nSPS) is 10.9. The molecule has 2 aliphatic rings. The zero-order chi connectivity index (χ0) is 22.1. The van der Waals surface area contributed by atoms with Crippen LogP contribution >= 0.6 is 0 Å². The number of nitrogens with one attached hydrogen (secondary N) is 3. The zero-order valence-electron chi connectivity index (χ0n) is 17.1. The number of aryl methyl sites for hydroxylation is 1. The van der Waals surface area contributed by atoms with Gasteiger partial charge in [0, 0.05) is 16.7 Å². The molecule has 0 radical (unpaired) electrons. The van der Waals surface area contributed by atoms with Crippen LogP contribution in [-0.4, -0.2) is 31.8 Å². The molecular weight excluding hydrogens is 404 g/mol. The maximum Gasteiger partial charge on any atom is 0.258 e. The highest BCUT2D eigenvalue weighted by atomic mass is 16.2. The highest BCUT2D eigenvalue weighted by Crippen LogP contribution is 2.29. The smallest absolute Gasteiger partial charge is 0.258 e. The predicted octanol–water partition coefficient (Wildman–Crippen LogP) is 4.27. The Balaban J connectivity index is 1.45. The largest absolute Gasteiger partial charge is 0.324 e. The first-order valence-corrected chi connectivity index (χ1v) is 9.98. The van der Waals surface area contributed by atoms with Crippen molar-refractivity contribution in [2.75, 3.05) is 10.6 Å². The Morgan fingerprint density at radius 3 is 2.03 bits per heavy atom. The van der Waals surface area contributed by atoms with Crippen molar-refractivity contribution < 1.29 is 9.59 Å². The summed E-state index contributed by atoms with van der Waals surface area (Å²) in [6.07, 6.45) is 0. The van der Waals surface area contributed by atoms with Gasteiger partial charge in [0.1, 0.15) is 0 Å². The van der Waals surface area contributed by atoms with Crippen LogP contribution in [0.1, 0.15) is 26.3 Å². The number of amides is 2. The molecule has 3 N–H and O–H groups in total. The van der Waals surface area contributed by atoms with Crippen molar-refractivity contribution in [2.24, 2.45) is 0 Å². The second-order valence-electron chi connectivity index (χ2n) is 7.23. The van der Waals surface area contributed by atoms with Crippen molar-refractivity contribution in [1.29, 1.82) is 0 Å². The van der Waals surface area contributed by atoms with E-state index < -0.39 is 0 Å². The minimum atomic E-state index is -0.279. The number of carbonyl (C=O) groups excluding carboxylic acids is 2. The molecule has 32 heavy (non-hydrogen) atoms. The van der Waals surface area contributed by atoms with Gasteiger partial charge in [-0.1, -0.05) is 36.4 Å². The van der Waals surface area contributed by atoms with Gasteiger partial charge in [0.25, 0.3) is 11.8 Å². The lowest BCUT2D eigenvalue weighted by molar-refractivity contribution is 0.101. The molecule has 2 aromatic carbocycles. The molecule has 0 saturated carbocycles. The van der Waals surface area contributed by atoms with Gasteiger partial charge in [0.2, 0.25) is 11.9 Å². The van der Waals surface area contributed by atoms with Crippen molar-refractivity contribution >= 4 is 34.7 Å². The summed E-state index contributed by atoms with van der Waals surface area (Å²) in [6, 6.07) is 21.4. The summed E-state index contributed by atoms with van der Waals surface area (Å²) >= 11 is 0. The number of aromatic amines is 1. The fourth-order valence-corrected chi connectivity index (χ4v) is 3.46. The van der Waals surface area contributed by atoms with Crippen molar-refractivity contribution in [2.45, 2.75) is 6.92 Å². The summed E-state index contributed by atoms with van der Waals surface area (Å²) in [7, 11) is 0. The van der Waals surface area contributed by atoms with Crippen molar-refractivity contribution in [1.82, 2.24) is 19.9 Å². The third-order valence-corrected chi connectivity index (χ3v) is 5.07. The molecule has 0 atom stereocenters. The van der Waals surface area contributed by atoms with E-state index in [0.717, 1.165) is 11.1 Å². The third kappa shape index (κ3) is 3.65. The summed E-state index contributed by atoms with van der Waals surface area (Å²) in [5.41, 5.74) is 4.49. The zero-order valence-corrected chi connectivity index (χ0v) is 17.1. The molecule has 8 heteroatoms. The van der Waals surface area contributed by atoms with Crippen molar-refractivity contribution in [3.05, 3.63) is 89.5 Å². The van der Waals surface area contributed by atoms with Gasteiger partial charge in [0.05, 0.1) is 22.4 Å². The molecule has 0 spiro atoms. The molecule has 156 valence electrons. The number of carbonyl (C=O) groups is 2. The van der Waals surface area contributed by atoms with Crippen molar-refractivity contribution in [3.8, 4) is 11.4 Å². The van der Waals surface area contributed by atoms with E-state index in [1.54, 1.807) is 54.6 Å². The lowest BCUT2D eigenvalue weighted by atomic mass is 10.2. The van der Waals surface area contributed by atoms with Crippen LogP contribution in [-0.2, 0) is 0 Å². The Kier molecular flexibility index (Phi) is 4.79. The molecule has 1 aliphatic carbocycles. The SMILES string of the molecule is Cc1c2nc(NC(=O)c3ccccc3)nc-2ccc2[nH]c(NC(=O)c3ccccc3)nc12. The van der Waals surface area contributed by atoms with Crippen LogP contribution < -0.4 is 10.6 Å². The number of imidazole rings is 2. The lowest BCUT2D eigenvalue weighted by Gasteiger charge is -2.00. The van der Waals surface area contributed by atoms with E-state index in [0.29, 0.717) is 34.0 Å². The molecule has 3 aromatic rings. The van der Waals surface area contributed by atoms with Crippen LogP contribution in [0.2, 0.25) is 0 Å². The minimum Gasteiger partial charge on any atom is -0.324 e. The van der Waals surface area contributed by atoms with Crippen LogP contribution in [0.4, 0.5) is 11.9 Å². The Morgan fingerprint density at radius 2 is 1.38 bits per heavy atom. The monoisotopic (exact) mass is 422 g/mol. The fraction of sp³-hybridized carbons (Fsp3) is 0.0417. The Hall–Kier alpha value is -4.59. The maximum absolute atomic E-state index is 12.4. The van der Waals surface area contributed by atoms with Crippen LogP contribution in [0, 0.1) is 6.92 Å². The number of benzene rings is 2. The quantitative estimate of drug-likeness (QED) is 0.400. The summed E-state index contributed by atoms with van der Waals surface area (Å²) in [4.78, 5) is 41.5. The molecular formula is C24H18N6O2. The molecule has 1 aliphatic heterocycles. The Labute approximate surface area is 183 Å². The van der Waals surface area contributed by atoms with Crippen LogP contribution in [0.3, 0.4) is 0 Å². The number of nitrogens with zero attached hydrogens (tertiary/aromatic N) is 3. The molecule has 2 amide bonds. The van der Waals surface area contributed by atoms with E-state index in [1.165, 1.54) is 0 Å². The topological polar surface area (TPSA) is 113 Å². The summed E-state index contributed by atoms with van der Waals surface area (Å²) < 4.78 is 0. The number of fused-ring (bicyclic) bond motifs is 2. The second kappa shape index (κ2) is 7.92. The average Bonchev–Trinajstić information content (AvgIpc) is 3.39. The first-order chi connectivity index (χ1) is 15.6. The molecule has 0 fully saturated rings. The first-order valence-electron chi connectivity index (χ1n) is 9.98. The summed E-state index contributed by atoms with van der Waals surface area (Å²) in [5, 5.41) is 5.52. The number of anilines is 2. The highest BCUT2D eigenvalue weighted by Gasteiger charge is 2.18. The number of rotatable bonds is 4. The maximum atomic E-state index is 12.4. The van der Waals surface area contributed by atoms with Gasteiger partial charge in [-0.25, -0.2) is 15.0 Å². The molecule has 8 nitrogen and oxygen atoms in total. The Morgan fingerprint density at radius 1 is 0.750 bits per heavy atom. The molecule has 0 unspecified atom stereocenters. The third-order valence-electron chi connectivity index (χ3n) is 5.07. The average molecular weight is 422 g/mol. The highest BCUT2D eigenvalue weighted by molar-refractivity contribution is 6.04. The second-order valence-corrected chi connectivity index (χ2v) is 7.23. The van der Waals surface area contributed by atoms with E-state index in [4.69, 9.17) is 0 Å². The van der Waals surface area contributed by atoms with Gasteiger partial charge >= 0.3 is 0 Å². The molecule has 5 rings (SSSR count). The van der Waals surface area contributed by atoms with Crippen LogP contribution in [0.15, 0.2) is 72.8 Å². The van der Waals surface area contributed by atoms with Gasteiger partial charge in [-0.15, -0.1) is 0 Å². The summed E-state index contributed by atoms with van der Waals surface area (Å²) in [5.74, 6) is 0.0347. The van der Waals surface area contributed by atoms with Gasteiger partial charge in [0.15, 0.2) is 0 Å². The van der Waals surface area contributed by atoms with Crippen molar-refractivity contribution in [3.63, 3.8) is 0 Å². The molecule has 1 aromatic heterocycles. The van der Waals surface area contributed by atoms with Gasteiger partial charge in [-0.2, -0.15) is 0 Å². The van der Waals surface area contributed by atoms with Gasteiger partial charge in [-0.05, 0) is 43.3 Å². The summed E-state index contributed by atoms with van der Waals surface area (Å²) in [6.45, 7) is 1.88. The van der Waals surface area contributed by atoms with E-state index in [-0.39, 0.29) is 17.8 Å². The Bertz CT molecular complexity index is 1360. The van der Waals surface area contributed by atoms with Gasteiger partial charge in [-0.3, -0.25) is 20.2 Å². The minimum absolute atomic E-state index is 0.226. The van der Waals surface area contributed by atoms with E-state index in [1.807, 2.05) is 25.1 Å². The fourth-order valence-electron chi connectivity index (χ4n) is 3.46. The number of hydrogen-bond donors (Lipinski definition) is 3. The molecule has 2 heterocycles. The van der Waals surface area contributed by atoms with Crippen LogP contribution in [0.5, 0.6) is 0 Å².